The Balaban J connectivity index is 0.000000271. The second-order valence-corrected chi connectivity index (χ2v) is 11.1. The third kappa shape index (κ3) is 16.9. The first-order valence-electron chi connectivity index (χ1n) is 15.5. The second-order valence-electron chi connectivity index (χ2n) is 11.1. The molecule has 6 aliphatic rings. The van der Waals surface area contributed by atoms with Gasteiger partial charge in [0.15, 0.2) is 0 Å². The van der Waals surface area contributed by atoms with Crippen LogP contribution in [0.25, 0.3) is 43.4 Å². The van der Waals surface area contributed by atoms with Gasteiger partial charge in [-0.25, -0.2) is 12.3 Å². The van der Waals surface area contributed by atoms with Crippen molar-refractivity contribution in [2.24, 2.45) is 0 Å². The predicted molar refractivity (Wildman–Crippen MR) is 163 cm³/mol. The van der Waals surface area contributed by atoms with Gasteiger partial charge in [0.2, 0.25) is 0 Å². The summed E-state index contributed by atoms with van der Waals surface area (Å²) in [5, 5.41) is 26.3. The Morgan fingerprint density at radius 2 is 0.975 bits per heavy atom. The van der Waals surface area contributed by atoms with Gasteiger partial charge in [-0.1, -0.05) is 108 Å². The Morgan fingerprint density at radius 3 is 1.27 bits per heavy atom. The molecular formula is C30H52N8Pt2-8. The first-order valence-corrected chi connectivity index (χ1v) is 15.5. The van der Waals surface area contributed by atoms with E-state index < -0.39 is 0 Å². The van der Waals surface area contributed by atoms with E-state index in [1.165, 1.54) is 89.2 Å². The molecule has 240 valence electrons. The number of hydrogen-bond acceptors (Lipinski definition) is 0. The molecule has 0 bridgehead atoms. The summed E-state index contributed by atoms with van der Waals surface area (Å²) in [5.41, 5.74) is 15.4. The van der Waals surface area contributed by atoms with Crippen LogP contribution >= 0.6 is 0 Å². The average Bonchev–Trinajstić information content (AvgIpc) is 3.01. The zero-order valence-corrected chi connectivity index (χ0v) is 28.8. The topological polar surface area (TPSA) is 132 Å². The molecule has 40 heavy (non-hydrogen) atoms. The van der Waals surface area contributed by atoms with E-state index in [1.807, 2.05) is 0 Å². The maximum absolute atomic E-state index is 7.11. The van der Waals surface area contributed by atoms with E-state index in [-0.39, 0.29) is 54.5 Å². The van der Waals surface area contributed by atoms with Gasteiger partial charge in [-0.2, -0.15) is 17.8 Å². The summed E-state index contributed by atoms with van der Waals surface area (Å²) in [5.74, 6) is 0. The average molecular weight is 915 g/mol. The molecule has 0 spiro atoms. The molecule has 0 aromatic carbocycles. The van der Waals surface area contributed by atoms with Crippen molar-refractivity contribution in [1.29, 1.82) is 0 Å². The Hall–Kier alpha value is 0.377. The largest absolute Gasteiger partial charge is 0.693 e. The standard InChI is InChI=1S/C10H18N2.C10H14N2.2C5H10N2.2Pt/c2*1-3-7-11-9(5-1)10-6-2-4-8-12-10;2*6-5-3-1-2-4-7-5;;/h9-10H,1-8H2;1,3,5,10H,2,4,6-8H2;2*5-6H,1-4H2;;/q4*-2;;. The Labute approximate surface area is 274 Å². The summed E-state index contributed by atoms with van der Waals surface area (Å²) < 4.78 is 0. The third-order valence-electron chi connectivity index (χ3n) is 7.82. The van der Waals surface area contributed by atoms with Gasteiger partial charge in [-0.05, 0) is 0 Å². The fourth-order valence-electron chi connectivity index (χ4n) is 5.52. The number of rotatable bonds is 2. The van der Waals surface area contributed by atoms with Crippen molar-refractivity contribution in [3.8, 4) is 0 Å². The molecule has 6 aliphatic heterocycles. The first kappa shape index (κ1) is 38.4. The summed E-state index contributed by atoms with van der Waals surface area (Å²) >= 11 is 0. The van der Waals surface area contributed by atoms with E-state index in [9.17, 15) is 0 Å². The van der Waals surface area contributed by atoms with E-state index in [0.29, 0.717) is 18.1 Å². The third-order valence-corrected chi connectivity index (χ3v) is 7.82. The maximum Gasteiger partial charge on any atom is 0 e. The van der Waals surface area contributed by atoms with Crippen molar-refractivity contribution in [3.05, 3.63) is 67.3 Å². The second kappa shape index (κ2) is 24.8. The number of nitrogens with zero attached hydrogens (tertiary/aromatic N) is 6. The number of hydrogen-bond donors (Lipinski definition) is 0. The summed E-state index contributed by atoms with van der Waals surface area (Å²) in [4.78, 5) is 0. The van der Waals surface area contributed by atoms with Crippen molar-refractivity contribution in [3.63, 3.8) is 0 Å². The molecule has 0 aromatic heterocycles. The van der Waals surface area contributed by atoms with E-state index in [2.05, 4.69) is 50.1 Å². The molecule has 6 rings (SSSR count). The van der Waals surface area contributed by atoms with Crippen molar-refractivity contribution >= 4 is 0 Å². The van der Waals surface area contributed by atoms with Crippen molar-refractivity contribution < 1.29 is 42.1 Å². The van der Waals surface area contributed by atoms with Crippen molar-refractivity contribution in [2.45, 2.75) is 127 Å². The molecule has 5 atom stereocenters. The van der Waals surface area contributed by atoms with Crippen LogP contribution in [0.15, 0.2) is 23.9 Å². The fraction of sp³-hybridized carbons (Fsp3) is 0.867. The molecule has 0 amide bonds. The smallest absolute Gasteiger partial charge is 0 e. The Bertz CT molecular complexity index is 604. The van der Waals surface area contributed by atoms with E-state index >= 15 is 0 Å². The molecule has 0 aromatic rings. The van der Waals surface area contributed by atoms with E-state index in [1.54, 1.807) is 0 Å². The zero-order valence-electron chi connectivity index (χ0n) is 24.3. The van der Waals surface area contributed by atoms with Crippen LogP contribution in [0.4, 0.5) is 0 Å². The van der Waals surface area contributed by atoms with Crippen LogP contribution < -0.4 is 0 Å². The zero-order chi connectivity index (χ0) is 26.7. The van der Waals surface area contributed by atoms with Gasteiger partial charge in [-0.3, -0.25) is 0 Å². The quantitative estimate of drug-likeness (QED) is 0.261. The monoisotopic (exact) mass is 914 g/mol. The van der Waals surface area contributed by atoms with E-state index in [4.69, 9.17) is 11.5 Å². The summed E-state index contributed by atoms with van der Waals surface area (Å²) in [6.45, 7) is 5.91. The normalized spacial score (nSPS) is 31.8. The molecule has 10 heteroatoms. The van der Waals surface area contributed by atoms with E-state index in [0.717, 1.165) is 52.1 Å². The molecule has 0 saturated carbocycles. The number of nitrogens with one attached hydrogen (secondary N) is 2. The number of piperidine rings is 5. The van der Waals surface area contributed by atoms with Gasteiger partial charge in [0, 0.05) is 42.1 Å². The van der Waals surface area contributed by atoms with Gasteiger partial charge in [0.1, 0.15) is 0 Å². The molecule has 0 radical (unpaired) electrons. The minimum atomic E-state index is -0.0891. The SMILES string of the molecule is C1=CC[N-]C(C2CCCC[N-]2)=C1.C1CCC(C2CCCC[N-]2)[N-]C1.[NH-]C1CCCC[N-]1.[NH-]C1CCCC[N-]1.[Pt].[Pt]. The van der Waals surface area contributed by atoms with Gasteiger partial charge in [0.25, 0.3) is 0 Å². The molecule has 6 heterocycles. The van der Waals surface area contributed by atoms with Crippen LogP contribution in [-0.4, -0.2) is 69.7 Å². The minimum Gasteiger partial charge on any atom is -0.693 e. The van der Waals surface area contributed by atoms with Crippen LogP contribution in [-0.2, 0) is 42.1 Å². The predicted octanol–water partition coefficient (Wildman–Crippen LogP) is 9.42. The first-order chi connectivity index (χ1) is 18.7. The van der Waals surface area contributed by atoms with Crippen LogP contribution in [0, 0.1) is 0 Å². The Kier molecular flexibility index (Phi) is 23.8. The van der Waals surface area contributed by atoms with Gasteiger partial charge in [-0.15, -0.1) is 51.4 Å². The molecule has 8 nitrogen and oxygen atoms in total. The molecule has 5 fully saturated rings. The van der Waals surface area contributed by atoms with Crippen LogP contribution in [0.5, 0.6) is 0 Å². The number of allylic oxidation sites excluding steroid dienone is 2. The van der Waals surface area contributed by atoms with Crippen molar-refractivity contribution in [2.75, 3.05) is 39.3 Å². The van der Waals surface area contributed by atoms with Crippen molar-refractivity contribution in [1.82, 2.24) is 0 Å². The van der Waals surface area contributed by atoms with Crippen LogP contribution in [0.1, 0.15) is 96.3 Å². The molecule has 5 unspecified atom stereocenters. The van der Waals surface area contributed by atoms with Gasteiger partial charge < -0.3 is 43.4 Å². The maximum atomic E-state index is 7.11. The minimum absolute atomic E-state index is 0. The van der Waals surface area contributed by atoms with Gasteiger partial charge >= 0.3 is 0 Å². The molecule has 2 N–H and O–H groups in total. The van der Waals surface area contributed by atoms with Crippen LogP contribution in [0.3, 0.4) is 0 Å². The fourth-order valence-corrected chi connectivity index (χ4v) is 5.52. The molecular weight excluding hydrogens is 863 g/mol. The molecule has 0 aliphatic carbocycles. The summed E-state index contributed by atoms with van der Waals surface area (Å²) in [7, 11) is 0. The summed E-state index contributed by atoms with van der Waals surface area (Å²) in [6, 6.07) is 1.60. The van der Waals surface area contributed by atoms with Crippen LogP contribution in [0.2, 0.25) is 0 Å². The summed E-state index contributed by atoms with van der Waals surface area (Å²) in [6.07, 6.45) is 24.6. The van der Waals surface area contributed by atoms with Gasteiger partial charge in [0.05, 0.1) is 0 Å². The Morgan fingerprint density at radius 1 is 0.525 bits per heavy atom. The molecule has 5 saturated heterocycles.